The Morgan fingerprint density at radius 3 is 2.94 bits per heavy atom. The van der Waals surface area contributed by atoms with Crippen LogP contribution in [0.5, 0.6) is 0 Å². The average Bonchev–Trinajstić information content (AvgIpc) is 2.38. The first-order chi connectivity index (χ1) is 8.69. The fourth-order valence-corrected chi connectivity index (χ4v) is 2.21. The van der Waals surface area contributed by atoms with Crippen LogP contribution in [0.3, 0.4) is 0 Å². The van der Waals surface area contributed by atoms with E-state index in [1.54, 1.807) is 0 Å². The van der Waals surface area contributed by atoms with Gasteiger partial charge in [-0.05, 0) is 43.3 Å². The van der Waals surface area contributed by atoms with Gasteiger partial charge in [-0.15, -0.1) is 0 Å². The summed E-state index contributed by atoms with van der Waals surface area (Å²) in [4.78, 5) is 6.65. The van der Waals surface area contributed by atoms with Crippen LogP contribution in [0.1, 0.15) is 12.5 Å². The zero-order chi connectivity index (χ0) is 13.0. The summed E-state index contributed by atoms with van der Waals surface area (Å²) >= 11 is 0. The second-order valence-corrected chi connectivity index (χ2v) is 5.07. The minimum atomic E-state index is 0.539. The smallest absolute Gasteiger partial charge is 0.0702 e. The van der Waals surface area contributed by atoms with Gasteiger partial charge in [0.1, 0.15) is 0 Å². The monoisotopic (exact) mass is 243 g/mol. The predicted octanol–water partition coefficient (Wildman–Crippen LogP) is 2.26. The molecular formula is C15H21N3. The maximum atomic E-state index is 5.65. The maximum absolute atomic E-state index is 5.65. The molecule has 1 aromatic heterocycles. The van der Waals surface area contributed by atoms with E-state index in [1.807, 2.05) is 12.3 Å². The molecule has 0 bridgehead atoms. The number of nitrogens with two attached hydrogens (primary N) is 1. The van der Waals surface area contributed by atoms with Gasteiger partial charge >= 0.3 is 0 Å². The predicted molar refractivity (Wildman–Crippen MR) is 76.3 cm³/mol. The van der Waals surface area contributed by atoms with Gasteiger partial charge in [-0.25, -0.2) is 0 Å². The molecule has 1 aromatic carbocycles. The number of pyridine rings is 1. The molecule has 1 atom stereocenters. The number of hydrogen-bond donors (Lipinski definition) is 1. The van der Waals surface area contributed by atoms with E-state index in [9.17, 15) is 0 Å². The van der Waals surface area contributed by atoms with Gasteiger partial charge in [-0.1, -0.05) is 19.1 Å². The number of hydrogen-bond acceptors (Lipinski definition) is 3. The molecule has 2 aromatic rings. The second kappa shape index (κ2) is 5.94. The standard InChI is InChI=1S/C15H21N3/c1-12(9-16)10-18(2)11-13-5-6-15-14(8-13)4-3-7-17-15/h3-8,12H,9-11,16H2,1-2H3. The number of benzene rings is 1. The van der Waals surface area contributed by atoms with E-state index >= 15 is 0 Å². The first-order valence-electron chi connectivity index (χ1n) is 6.41. The molecule has 0 radical (unpaired) electrons. The summed E-state index contributed by atoms with van der Waals surface area (Å²) in [7, 11) is 2.14. The van der Waals surface area contributed by atoms with E-state index in [2.05, 4.69) is 48.1 Å². The maximum Gasteiger partial charge on any atom is 0.0702 e. The van der Waals surface area contributed by atoms with Crippen molar-refractivity contribution in [3.05, 3.63) is 42.1 Å². The van der Waals surface area contributed by atoms with E-state index < -0.39 is 0 Å². The lowest BCUT2D eigenvalue weighted by Gasteiger charge is -2.20. The van der Waals surface area contributed by atoms with Gasteiger partial charge in [0.05, 0.1) is 5.52 Å². The molecule has 0 fully saturated rings. The quantitative estimate of drug-likeness (QED) is 0.876. The largest absolute Gasteiger partial charge is 0.330 e. The normalized spacial score (nSPS) is 13.1. The Hall–Kier alpha value is -1.45. The summed E-state index contributed by atoms with van der Waals surface area (Å²) < 4.78 is 0. The molecule has 0 aliphatic heterocycles. The molecule has 0 saturated carbocycles. The van der Waals surface area contributed by atoms with Crippen LogP contribution in [0.4, 0.5) is 0 Å². The fraction of sp³-hybridized carbons (Fsp3) is 0.400. The van der Waals surface area contributed by atoms with Gasteiger partial charge in [-0.2, -0.15) is 0 Å². The highest BCUT2D eigenvalue weighted by molar-refractivity contribution is 5.78. The van der Waals surface area contributed by atoms with Crippen molar-refractivity contribution in [2.24, 2.45) is 11.7 Å². The third-order valence-electron chi connectivity index (χ3n) is 3.15. The van der Waals surface area contributed by atoms with Crippen molar-refractivity contribution in [1.29, 1.82) is 0 Å². The molecule has 0 amide bonds. The van der Waals surface area contributed by atoms with Gasteiger partial charge in [-0.3, -0.25) is 4.98 Å². The van der Waals surface area contributed by atoms with Gasteiger partial charge in [0.25, 0.3) is 0 Å². The SMILES string of the molecule is CC(CN)CN(C)Cc1ccc2ncccc2c1. The summed E-state index contributed by atoms with van der Waals surface area (Å²) in [5.41, 5.74) is 8.03. The molecule has 96 valence electrons. The molecule has 1 heterocycles. The van der Waals surface area contributed by atoms with Crippen molar-refractivity contribution >= 4 is 10.9 Å². The minimum absolute atomic E-state index is 0.539. The lowest BCUT2D eigenvalue weighted by molar-refractivity contribution is 0.282. The summed E-state index contributed by atoms with van der Waals surface area (Å²) in [5, 5.41) is 1.20. The van der Waals surface area contributed by atoms with E-state index in [-0.39, 0.29) is 0 Å². The van der Waals surface area contributed by atoms with Crippen molar-refractivity contribution in [3.8, 4) is 0 Å². The van der Waals surface area contributed by atoms with Crippen LogP contribution >= 0.6 is 0 Å². The Morgan fingerprint density at radius 2 is 2.17 bits per heavy atom. The molecular weight excluding hydrogens is 222 g/mol. The highest BCUT2D eigenvalue weighted by Crippen LogP contribution is 2.14. The van der Waals surface area contributed by atoms with Gasteiger partial charge in [0.15, 0.2) is 0 Å². The Morgan fingerprint density at radius 1 is 1.33 bits per heavy atom. The number of rotatable bonds is 5. The number of nitrogens with zero attached hydrogens (tertiary/aromatic N) is 2. The molecule has 2 rings (SSSR count). The summed E-state index contributed by atoms with van der Waals surface area (Å²) in [6.45, 7) is 4.91. The Bertz CT molecular complexity index is 510. The van der Waals surface area contributed by atoms with Gasteiger partial charge < -0.3 is 10.6 Å². The molecule has 0 aliphatic rings. The highest BCUT2D eigenvalue weighted by atomic mass is 15.1. The number of fused-ring (bicyclic) bond motifs is 1. The van der Waals surface area contributed by atoms with Gasteiger partial charge in [0, 0.05) is 24.7 Å². The van der Waals surface area contributed by atoms with Crippen LogP contribution in [0.2, 0.25) is 0 Å². The van der Waals surface area contributed by atoms with Crippen molar-refractivity contribution in [2.45, 2.75) is 13.5 Å². The summed E-state index contributed by atoms with van der Waals surface area (Å²) in [5.74, 6) is 0.539. The van der Waals surface area contributed by atoms with E-state index in [1.165, 1.54) is 10.9 Å². The van der Waals surface area contributed by atoms with Crippen molar-refractivity contribution in [1.82, 2.24) is 9.88 Å². The minimum Gasteiger partial charge on any atom is -0.330 e. The summed E-state index contributed by atoms with van der Waals surface area (Å²) in [6.07, 6.45) is 1.83. The average molecular weight is 243 g/mol. The van der Waals surface area contributed by atoms with E-state index in [0.717, 1.165) is 25.2 Å². The van der Waals surface area contributed by atoms with Gasteiger partial charge in [0.2, 0.25) is 0 Å². The molecule has 0 saturated heterocycles. The molecule has 2 N–H and O–H groups in total. The topological polar surface area (TPSA) is 42.1 Å². The van der Waals surface area contributed by atoms with Crippen molar-refractivity contribution in [2.75, 3.05) is 20.1 Å². The van der Waals surface area contributed by atoms with Crippen molar-refractivity contribution < 1.29 is 0 Å². The molecule has 3 heteroatoms. The van der Waals surface area contributed by atoms with E-state index in [0.29, 0.717) is 5.92 Å². The summed E-state index contributed by atoms with van der Waals surface area (Å²) in [6, 6.07) is 10.5. The number of aromatic nitrogens is 1. The second-order valence-electron chi connectivity index (χ2n) is 5.07. The molecule has 0 aliphatic carbocycles. The molecule has 3 nitrogen and oxygen atoms in total. The van der Waals surface area contributed by atoms with Crippen LogP contribution in [0, 0.1) is 5.92 Å². The zero-order valence-corrected chi connectivity index (χ0v) is 11.1. The van der Waals surface area contributed by atoms with E-state index in [4.69, 9.17) is 5.73 Å². The lowest BCUT2D eigenvalue weighted by Crippen LogP contribution is -2.28. The van der Waals surface area contributed by atoms with Crippen LogP contribution in [0.25, 0.3) is 10.9 Å². The Kier molecular flexibility index (Phi) is 4.28. The Balaban J connectivity index is 2.07. The molecule has 18 heavy (non-hydrogen) atoms. The molecule has 1 unspecified atom stereocenters. The Labute approximate surface area is 109 Å². The highest BCUT2D eigenvalue weighted by Gasteiger charge is 2.06. The van der Waals surface area contributed by atoms with Crippen LogP contribution in [-0.4, -0.2) is 30.0 Å². The van der Waals surface area contributed by atoms with Crippen LogP contribution < -0.4 is 5.73 Å². The zero-order valence-electron chi connectivity index (χ0n) is 11.1. The first kappa shape index (κ1) is 13.0. The third kappa shape index (κ3) is 3.28. The van der Waals surface area contributed by atoms with Crippen molar-refractivity contribution in [3.63, 3.8) is 0 Å². The van der Waals surface area contributed by atoms with Crippen LogP contribution in [-0.2, 0) is 6.54 Å². The van der Waals surface area contributed by atoms with Crippen LogP contribution in [0.15, 0.2) is 36.5 Å². The molecule has 0 spiro atoms. The first-order valence-corrected chi connectivity index (χ1v) is 6.41. The fourth-order valence-electron chi connectivity index (χ4n) is 2.21. The lowest BCUT2D eigenvalue weighted by atomic mass is 10.1. The third-order valence-corrected chi connectivity index (χ3v) is 3.15.